The van der Waals surface area contributed by atoms with Gasteiger partial charge in [-0.1, -0.05) is 35.9 Å². The molecule has 4 rings (SSSR count). The summed E-state index contributed by atoms with van der Waals surface area (Å²) in [7, 11) is 0. The van der Waals surface area contributed by atoms with E-state index in [9.17, 15) is 0 Å². The summed E-state index contributed by atoms with van der Waals surface area (Å²) in [5, 5.41) is 0.696. The van der Waals surface area contributed by atoms with E-state index in [-0.39, 0.29) is 0 Å². The molecule has 4 aromatic rings. The number of fused-ring (bicyclic) bond motifs is 1. The Kier molecular flexibility index (Phi) is 4.99. The maximum Gasteiger partial charge on any atom is 0.161 e. The lowest BCUT2D eigenvalue weighted by Crippen LogP contribution is -2.00. The van der Waals surface area contributed by atoms with Crippen LogP contribution in [0.1, 0.15) is 12.5 Å². The average molecular weight is 379 g/mol. The zero-order valence-corrected chi connectivity index (χ0v) is 15.7. The number of hydrogen-bond donors (Lipinski definition) is 1. The highest BCUT2D eigenvalue weighted by atomic mass is 35.5. The highest BCUT2D eigenvalue weighted by molar-refractivity contribution is 6.30. The molecule has 0 saturated carbocycles. The first-order chi connectivity index (χ1) is 13.2. The number of para-hydroxylation sites is 2. The molecule has 0 bridgehead atoms. The third kappa shape index (κ3) is 3.91. The normalized spacial score (nSPS) is 10.9. The van der Waals surface area contributed by atoms with Gasteiger partial charge in [0.15, 0.2) is 11.5 Å². The van der Waals surface area contributed by atoms with E-state index in [0.717, 1.165) is 28.0 Å². The van der Waals surface area contributed by atoms with Crippen LogP contribution in [0.15, 0.2) is 66.7 Å². The molecule has 0 saturated heterocycles. The summed E-state index contributed by atoms with van der Waals surface area (Å²) in [6, 6.07) is 21.4. The number of rotatable bonds is 6. The number of imidazole rings is 1. The molecule has 4 nitrogen and oxygen atoms in total. The van der Waals surface area contributed by atoms with Crippen LogP contribution in [0.3, 0.4) is 0 Å². The molecule has 0 radical (unpaired) electrons. The standard InChI is InChI=1S/C22H19ClN2O2/c1-2-26-21-13-16(22-24-18-8-3-4-9-19(18)25-22)10-11-20(21)27-14-15-6-5-7-17(23)12-15/h3-13H,2,14H2,1H3,(H,24,25). The van der Waals surface area contributed by atoms with E-state index in [1.165, 1.54) is 0 Å². The molecule has 1 aromatic heterocycles. The van der Waals surface area contributed by atoms with E-state index in [0.29, 0.717) is 29.7 Å². The van der Waals surface area contributed by atoms with Crippen molar-refractivity contribution in [1.82, 2.24) is 9.97 Å². The third-order valence-electron chi connectivity index (χ3n) is 4.19. The molecule has 0 aliphatic rings. The first-order valence-corrected chi connectivity index (χ1v) is 9.20. The third-order valence-corrected chi connectivity index (χ3v) is 4.42. The number of nitrogens with one attached hydrogen (secondary N) is 1. The van der Waals surface area contributed by atoms with E-state index in [1.54, 1.807) is 0 Å². The second kappa shape index (κ2) is 7.72. The van der Waals surface area contributed by atoms with Crippen molar-refractivity contribution >= 4 is 22.6 Å². The summed E-state index contributed by atoms with van der Waals surface area (Å²) in [5.41, 5.74) is 3.90. The monoisotopic (exact) mass is 378 g/mol. The molecule has 1 N–H and O–H groups in total. The largest absolute Gasteiger partial charge is 0.490 e. The molecule has 0 fully saturated rings. The number of H-pyrrole nitrogens is 1. The van der Waals surface area contributed by atoms with Crippen molar-refractivity contribution < 1.29 is 9.47 Å². The Balaban J connectivity index is 1.61. The van der Waals surface area contributed by atoms with Gasteiger partial charge in [0.05, 0.1) is 17.6 Å². The quantitative estimate of drug-likeness (QED) is 0.457. The Morgan fingerprint density at radius 1 is 0.926 bits per heavy atom. The minimum Gasteiger partial charge on any atom is -0.490 e. The summed E-state index contributed by atoms with van der Waals surface area (Å²) in [6.45, 7) is 2.93. The van der Waals surface area contributed by atoms with E-state index >= 15 is 0 Å². The Labute approximate surface area is 162 Å². The number of ether oxygens (including phenoxy) is 2. The minimum absolute atomic E-state index is 0.421. The van der Waals surface area contributed by atoms with Crippen LogP contribution in [0, 0.1) is 0 Å². The van der Waals surface area contributed by atoms with Gasteiger partial charge in [-0.05, 0) is 55.0 Å². The second-order valence-electron chi connectivity index (χ2n) is 6.12. The Morgan fingerprint density at radius 2 is 1.81 bits per heavy atom. The molecule has 0 aliphatic heterocycles. The minimum atomic E-state index is 0.421. The van der Waals surface area contributed by atoms with Gasteiger partial charge in [-0.3, -0.25) is 0 Å². The second-order valence-corrected chi connectivity index (χ2v) is 6.55. The van der Waals surface area contributed by atoms with Crippen LogP contribution < -0.4 is 9.47 Å². The molecule has 0 aliphatic carbocycles. The lowest BCUT2D eigenvalue weighted by atomic mass is 10.2. The summed E-state index contributed by atoms with van der Waals surface area (Å²) >= 11 is 6.04. The maximum atomic E-state index is 6.04. The topological polar surface area (TPSA) is 47.1 Å². The molecule has 0 unspecified atom stereocenters. The fourth-order valence-corrected chi connectivity index (χ4v) is 3.13. The fraction of sp³-hybridized carbons (Fsp3) is 0.136. The lowest BCUT2D eigenvalue weighted by molar-refractivity contribution is 0.269. The molecule has 136 valence electrons. The first kappa shape index (κ1) is 17.4. The molecule has 5 heteroatoms. The highest BCUT2D eigenvalue weighted by Crippen LogP contribution is 2.33. The summed E-state index contributed by atoms with van der Waals surface area (Å²) in [5.74, 6) is 2.19. The number of benzene rings is 3. The van der Waals surface area contributed by atoms with Crippen LogP contribution >= 0.6 is 11.6 Å². The van der Waals surface area contributed by atoms with Crippen molar-refractivity contribution in [2.24, 2.45) is 0 Å². The number of aromatic amines is 1. The molecule has 0 spiro atoms. The van der Waals surface area contributed by atoms with Crippen LogP contribution in [-0.4, -0.2) is 16.6 Å². The fourth-order valence-electron chi connectivity index (χ4n) is 2.92. The summed E-state index contributed by atoms with van der Waals surface area (Å²) in [4.78, 5) is 7.99. The van der Waals surface area contributed by atoms with Crippen LogP contribution in [0.25, 0.3) is 22.4 Å². The van der Waals surface area contributed by atoms with Gasteiger partial charge in [0.1, 0.15) is 12.4 Å². The van der Waals surface area contributed by atoms with Gasteiger partial charge in [0.2, 0.25) is 0 Å². The van der Waals surface area contributed by atoms with Crippen molar-refractivity contribution in [2.45, 2.75) is 13.5 Å². The molecule has 0 amide bonds. The van der Waals surface area contributed by atoms with Crippen molar-refractivity contribution in [2.75, 3.05) is 6.61 Å². The molecule has 0 atom stereocenters. The predicted molar refractivity (Wildman–Crippen MR) is 108 cm³/mol. The average Bonchev–Trinajstić information content (AvgIpc) is 3.11. The zero-order valence-electron chi connectivity index (χ0n) is 14.9. The number of halogens is 1. The number of nitrogens with zero attached hydrogens (tertiary/aromatic N) is 1. The van der Waals surface area contributed by atoms with E-state index in [1.807, 2.05) is 73.7 Å². The Bertz CT molecular complexity index is 1040. The van der Waals surface area contributed by atoms with Crippen LogP contribution in [0.4, 0.5) is 0 Å². The predicted octanol–water partition coefficient (Wildman–Crippen LogP) is 5.86. The SMILES string of the molecule is CCOc1cc(-c2nc3ccccc3[nH]2)ccc1OCc1cccc(Cl)c1. The van der Waals surface area contributed by atoms with Crippen molar-refractivity contribution in [3.05, 3.63) is 77.3 Å². The van der Waals surface area contributed by atoms with Gasteiger partial charge >= 0.3 is 0 Å². The van der Waals surface area contributed by atoms with E-state index in [2.05, 4.69) is 9.97 Å². The Hall–Kier alpha value is -2.98. The molecular formula is C22H19ClN2O2. The van der Waals surface area contributed by atoms with Crippen molar-refractivity contribution in [1.29, 1.82) is 0 Å². The zero-order chi connectivity index (χ0) is 18.6. The van der Waals surface area contributed by atoms with Crippen LogP contribution in [0.5, 0.6) is 11.5 Å². The Morgan fingerprint density at radius 3 is 2.63 bits per heavy atom. The van der Waals surface area contributed by atoms with E-state index < -0.39 is 0 Å². The van der Waals surface area contributed by atoms with Crippen molar-refractivity contribution in [3.63, 3.8) is 0 Å². The highest BCUT2D eigenvalue weighted by Gasteiger charge is 2.11. The number of aromatic nitrogens is 2. The van der Waals surface area contributed by atoms with E-state index in [4.69, 9.17) is 21.1 Å². The molecule has 3 aromatic carbocycles. The van der Waals surface area contributed by atoms with Crippen molar-refractivity contribution in [3.8, 4) is 22.9 Å². The van der Waals surface area contributed by atoms with Gasteiger partial charge in [-0.2, -0.15) is 0 Å². The number of hydrogen-bond acceptors (Lipinski definition) is 3. The van der Waals surface area contributed by atoms with Crippen LogP contribution in [-0.2, 0) is 6.61 Å². The van der Waals surface area contributed by atoms with Gasteiger partial charge in [-0.25, -0.2) is 4.98 Å². The summed E-state index contributed by atoms with van der Waals surface area (Å²) < 4.78 is 11.8. The smallest absolute Gasteiger partial charge is 0.161 e. The van der Waals surface area contributed by atoms with Gasteiger partial charge in [0.25, 0.3) is 0 Å². The van der Waals surface area contributed by atoms with Crippen LogP contribution in [0.2, 0.25) is 5.02 Å². The van der Waals surface area contributed by atoms with Gasteiger partial charge in [0, 0.05) is 10.6 Å². The lowest BCUT2D eigenvalue weighted by Gasteiger charge is -2.13. The first-order valence-electron chi connectivity index (χ1n) is 8.82. The maximum absolute atomic E-state index is 6.04. The summed E-state index contributed by atoms with van der Waals surface area (Å²) in [6.07, 6.45) is 0. The van der Waals surface area contributed by atoms with Gasteiger partial charge in [-0.15, -0.1) is 0 Å². The molecule has 1 heterocycles. The molecular weight excluding hydrogens is 360 g/mol. The van der Waals surface area contributed by atoms with Gasteiger partial charge < -0.3 is 14.5 Å². The molecule has 27 heavy (non-hydrogen) atoms.